The molecule has 5 nitrogen and oxygen atoms in total. The second kappa shape index (κ2) is 7.09. The largest absolute Gasteiger partial charge is 0.343 e. The van der Waals surface area contributed by atoms with E-state index in [4.69, 9.17) is 5.73 Å². The van der Waals surface area contributed by atoms with Crippen molar-refractivity contribution in [3.05, 3.63) is 70.0 Å². The Bertz CT molecular complexity index is 1350. The fraction of sp³-hybridized carbons (Fsp3) is 0.400. The van der Waals surface area contributed by atoms with Crippen LogP contribution in [0, 0.1) is 11.7 Å². The molecule has 0 unspecified atom stereocenters. The first-order valence-electron chi connectivity index (χ1n) is 11.3. The standard InChI is InChI=1S/C25H27FN4O/c26-19-4-8-23-24(13-19)29(25(31)30(23)20-5-6-20)15-21-12-18-11-17(14-27)3-7-22(18)28(21)10-9-16-1-2-16/h3-4,7-8,11-13,16,20H,1-2,5-6,9-10,14-15,27H2. The molecule has 0 atom stereocenters. The number of benzene rings is 2. The van der Waals surface area contributed by atoms with E-state index in [1.165, 1.54) is 30.5 Å². The van der Waals surface area contributed by atoms with E-state index in [0.717, 1.165) is 53.9 Å². The van der Waals surface area contributed by atoms with Crippen molar-refractivity contribution >= 4 is 21.9 Å². The van der Waals surface area contributed by atoms with E-state index >= 15 is 0 Å². The summed E-state index contributed by atoms with van der Waals surface area (Å²) >= 11 is 0. The lowest BCUT2D eigenvalue weighted by Gasteiger charge is -2.12. The molecular weight excluding hydrogens is 391 g/mol. The number of hydrogen-bond acceptors (Lipinski definition) is 2. The van der Waals surface area contributed by atoms with Gasteiger partial charge in [-0.1, -0.05) is 18.9 Å². The first kappa shape index (κ1) is 18.9. The summed E-state index contributed by atoms with van der Waals surface area (Å²) in [6.07, 6.45) is 5.82. The van der Waals surface area contributed by atoms with Crippen LogP contribution in [0.5, 0.6) is 0 Å². The van der Waals surface area contributed by atoms with Gasteiger partial charge >= 0.3 is 5.69 Å². The fourth-order valence-corrected chi connectivity index (χ4v) is 4.87. The Morgan fingerprint density at radius 1 is 0.935 bits per heavy atom. The average Bonchev–Trinajstić information content (AvgIpc) is 3.70. The number of imidazole rings is 1. The van der Waals surface area contributed by atoms with Crippen LogP contribution in [0.15, 0.2) is 47.3 Å². The molecule has 0 aliphatic heterocycles. The summed E-state index contributed by atoms with van der Waals surface area (Å²) in [5.74, 6) is 0.512. The molecule has 0 saturated heterocycles. The number of aryl methyl sites for hydroxylation is 1. The van der Waals surface area contributed by atoms with Gasteiger partial charge in [-0.15, -0.1) is 0 Å². The van der Waals surface area contributed by atoms with Crippen LogP contribution in [0.1, 0.15) is 49.4 Å². The average molecular weight is 419 g/mol. The first-order valence-corrected chi connectivity index (χ1v) is 11.3. The van der Waals surface area contributed by atoms with Gasteiger partial charge in [-0.3, -0.25) is 9.13 Å². The zero-order valence-corrected chi connectivity index (χ0v) is 17.6. The summed E-state index contributed by atoms with van der Waals surface area (Å²) in [6.45, 7) is 1.89. The highest BCUT2D eigenvalue weighted by molar-refractivity contribution is 5.82. The highest BCUT2D eigenvalue weighted by Gasteiger charge is 2.29. The molecule has 2 N–H and O–H groups in total. The topological polar surface area (TPSA) is 57.9 Å². The number of hydrogen-bond donors (Lipinski definition) is 1. The normalized spacial score (nSPS) is 16.6. The Hall–Kier alpha value is -2.86. The molecule has 2 saturated carbocycles. The van der Waals surface area contributed by atoms with Crippen molar-refractivity contribution in [2.45, 2.75) is 57.8 Å². The lowest BCUT2D eigenvalue weighted by Crippen LogP contribution is -2.25. The minimum Gasteiger partial charge on any atom is -0.343 e. The van der Waals surface area contributed by atoms with Gasteiger partial charge in [0, 0.05) is 35.7 Å². The van der Waals surface area contributed by atoms with Crippen LogP contribution in [-0.2, 0) is 19.6 Å². The lowest BCUT2D eigenvalue weighted by molar-refractivity contribution is 0.576. The number of fused-ring (bicyclic) bond motifs is 2. The Labute approximate surface area is 179 Å². The molecule has 0 amide bonds. The third-order valence-corrected chi connectivity index (χ3v) is 6.90. The second-order valence-electron chi connectivity index (χ2n) is 9.22. The van der Waals surface area contributed by atoms with Crippen molar-refractivity contribution in [2.75, 3.05) is 0 Å². The molecule has 31 heavy (non-hydrogen) atoms. The van der Waals surface area contributed by atoms with Gasteiger partial charge in [0.05, 0.1) is 17.6 Å². The molecule has 6 heteroatoms. The highest BCUT2D eigenvalue weighted by atomic mass is 19.1. The van der Waals surface area contributed by atoms with Crippen molar-refractivity contribution in [3.63, 3.8) is 0 Å². The van der Waals surface area contributed by atoms with Crippen molar-refractivity contribution in [3.8, 4) is 0 Å². The summed E-state index contributed by atoms with van der Waals surface area (Å²) in [6, 6.07) is 13.5. The van der Waals surface area contributed by atoms with Gasteiger partial charge in [0.15, 0.2) is 0 Å². The van der Waals surface area contributed by atoms with Crippen LogP contribution in [0.3, 0.4) is 0 Å². The minimum absolute atomic E-state index is 0.0373. The van der Waals surface area contributed by atoms with Gasteiger partial charge in [0.25, 0.3) is 0 Å². The molecule has 0 radical (unpaired) electrons. The van der Waals surface area contributed by atoms with E-state index in [0.29, 0.717) is 18.6 Å². The minimum atomic E-state index is -0.309. The summed E-state index contributed by atoms with van der Waals surface area (Å²) in [5.41, 5.74) is 10.7. The molecule has 0 bridgehead atoms. The maximum absolute atomic E-state index is 14.1. The van der Waals surface area contributed by atoms with Crippen LogP contribution in [-0.4, -0.2) is 13.7 Å². The van der Waals surface area contributed by atoms with Crippen molar-refractivity contribution in [2.24, 2.45) is 11.7 Å². The van der Waals surface area contributed by atoms with Gasteiger partial charge in [-0.05, 0) is 67.1 Å². The summed E-state index contributed by atoms with van der Waals surface area (Å²) in [5, 5.41) is 1.15. The molecule has 2 aliphatic rings. The zero-order chi connectivity index (χ0) is 21.1. The molecule has 0 spiro atoms. The Morgan fingerprint density at radius 2 is 1.74 bits per heavy atom. The smallest absolute Gasteiger partial charge is 0.329 e. The second-order valence-corrected chi connectivity index (χ2v) is 9.22. The summed E-state index contributed by atoms with van der Waals surface area (Å²) in [4.78, 5) is 13.4. The molecule has 2 aromatic carbocycles. The quantitative estimate of drug-likeness (QED) is 0.479. The van der Waals surface area contributed by atoms with Crippen LogP contribution >= 0.6 is 0 Å². The number of aromatic nitrogens is 3. The van der Waals surface area contributed by atoms with Gasteiger partial charge in [-0.25, -0.2) is 9.18 Å². The van der Waals surface area contributed by atoms with Gasteiger partial charge in [-0.2, -0.15) is 0 Å². The Balaban J connectivity index is 1.49. The van der Waals surface area contributed by atoms with Gasteiger partial charge < -0.3 is 10.3 Å². The molecular formula is C25H27FN4O. The van der Waals surface area contributed by atoms with Gasteiger partial charge in [0.1, 0.15) is 5.82 Å². The van der Waals surface area contributed by atoms with Crippen molar-refractivity contribution < 1.29 is 4.39 Å². The molecule has 2 aromatic heterocycles. The molecule has 2 fully saturated rings. The maximum atomic E-state index is 14.1. The van der Waals surface area contributed by atoms with E-state index in [1.807, 2.05) is 4.57 Å². The first-order chi connectivity index (χ1) is 15.1. The van der Waals surface area contributed by atoms with Crippen LogP contribution < -0.4 is 11.4 Å². The molecule has 2 aliphatic carbocycles. The van der Waals surface area contributed by atoms with E-state index in [2.05, 4.69) is 28.8 Å². The van der Waals surface area contributed by atoms with Crippen molar-refractivity contribution in [1.29, 1.82) is 0 Å². The third kappa shape index (κ3) is 3.30. The van der Waals surface area contributed by atoms with Crippen LogP contribution in [0.4, 0.5) is 4.39 Å². The highest BCUT2D eigenvalue weighted by Crippen LogP contribution is 2.37. The number of nitrogens with two attached hydrogens (primary N) is 1. The Kier molecular flexibility index (Phi) is 4.32. The van der Waals surface area contributed by atoms with Crippen molar-refractivity contribution in [1.82, 2.24) is 13.7 Å². The molecule has 2 heterocycles. The van der Waals surface area contributed by atoms with E-state index in [-0.39, 0.29) is 17.5 Å². The predicted molar refractivity (Wildman–Crippen MR) is 121 cm³/mol. The SMILES string of the molecule is NCc1ccc2c(c1)cc(Cn1c(=O)n(C3CC3)c3ccc(F)cc31)n2CCC1CC1. The fourth-order valence-electron chi connectivity index (χ4n) is 4.87. The van der Waals surface area contributed by atoms with Crippen LogP contribution in [0.25, 0.3) is 21.9 Å². The summed E-state index contributed by atoms with van der Waals surface area (Å²) in [7, 11) is 0. The van der Waals surface area contributed by atoms with E-state index < -0.39 is 0 Å². The molecule has 4 aromatic rings. The molecule has 6 rings (SSSR count). The predicted octanol–water partition coefficient (Wildman–Crippen LogP) is 4.54. The third-order valence-electron chi connectivity index (χ3n) is 6.90. The van der Waals surface area contributed by atoms with Crippen LogP contribution in [0.2, 0.25) is 0 Å². The monoisotopic (exact) mass is 418 g/mol. The number of nitrogens with zero attached hydrogens (tertiary/aromatic N) is 3. The maximum Gasteiger partial charge on any atom is 0.329 e. The van der Waals surface area contributed by atoms with E-state index in [9.17, 15) is 9.18 Å². The lowest BCUT2D eigenvalue weighted by atomic mass is 10.1. The zero-order valence-electron chi connectivity index (χ0n) is 17.6. The Morgan fingerprint density at radius 3 is 2.48 bits per heavy atom. The number of halogens is 1. The van der Waals surface area contributed by atoms with Gasteiger partial charge in [0.2, 0.25) is 0 Å². The number of rotatable bonds is 7. The van der Waals surface area contributed by atoms with E-state index in [1.54, 1.807) is 10.6 Å². The summed E-state index contributed by atoms with van der Waals surface area (Å²) < 4.78 is 20.1. The molecule has 160 valence electrons.